The molecule has 6 heteroatoms. The Morgan fingerprint density at radius 1 is 1.38 bits per heavy atom. The Morgan fingerprint density at radius 2 is 2.08 bits per heavy atom. The Kier molecular flexibility index (Phi) is 8.28. The lowest BCUT2D eigenvalue weighted by Gasteiger charge is -2.27. The van der Waals surface area contributed by atoms with Crippen LogP contribution in [0.25, 0.3) is 0 Å². The van der Waals surface area contributed by atoms with E-state index in [4.69, 9.17) is 4.42 Å². The maximum atomic E-state index is 10.5. The van der Waals surface area contributed by atoms with Crippen LogP contribution in [0, 0.1) is 5.92 Å². The molecule has 6 nitrogen and oxygen atoms in total. The van der Waals surface area contributed by atoms with Crippen molar-refractivity contribution in [3.8, 4) is 0 Å². The summed E-state index contributed by atoms with van der Waals surface area (Å²) in [6.45, 7) is 10.0. The summed E-state index contributed by atoms with van der Waals surface area (Å²) in [6, 6.07) is 3.96. The fourth-order valence-corrected chi connectivity index (χ4v) is 2.47. The number of guanidine groups is 1. The summed E-state index contributed by atoms with van der Waals surface area (Å²) >= 11 is 0. The van der Waals surface area contributed by atoms with Crippen LogP contribution in [0.2, 0.25) is 0 Å². The van der Waals surface area contributed by atoms with Crippen LogP contribution in [0.4, 0.5) is 0 Å². The van der Waals surface area contributed by atoms with Gasteiger partial charge in [0.05, 0.1) is 12.8 Å². The maximum absolute atomic E-state index is 10.5. The van der Waals surface area contributed by atoms with Crippen LogP contribution in [0.1, 0.15) is 39.9 Å². The minimum Gasteiger partial charge on any atom is -0.466 e. The molecule has 2 unspecified atom stereocenters. The van der Waals surface area contributed by atoms with Gasteiger partial charge in [-0.2, -0.15) is 0 Å². The highest BCUT2D eigenvalue weighted by Crippen LogP contribution is 2.21. The number of aliphatic hydroxyl groups is 1. The van der Waals surface area contributed by atoms with Crippen molar-refractivity contribution in [2.45, 2.75) is 45.8 Å². The number of hydrogen-bond donors (Lipinski definition) is 3. The quantitative estimate of drug-likeness (QED) is 0.474. The van der Waals surface area contributed by atoms with E-state index in [2.05, 4.69) is 48.5 Å². The average Bonchev–Trinajstić information content (AvgIpc) is 3.03. The van der Waals surface area contributed by atoms with Gasteiger partial charge in [-0.25, -0.2) is 4.99 Å². The van der Waals surface area contributed by atoms with Gasteiger partial charge in [0.1, 0.15) is 11.4 Å². The molecule has 1 aromatic heterocycles. The molecule has 0 fully saturated rings. The van der Waals surface area contributed by atoms with E-state index >= 15 is 0 Å². The zero-order valence-electron chi connectivity index (χ0n) is 16.0. The monoisotopic (exact) mass is 338 g/mol. The summed E-state index contributed by atoms with van der Waals surface area (Å²) in [5.41, 5.74) is -1.12. The van der Waals surface area contributed by atoms with Crippen LogP contribution in [0.3, 0.4) is 0 Å². The first-order chi connectivity index (χ1) is 11.3. The van der Waals surface area contributed by atoms with Crippen LogP contribution in [0.15, 0.2) is 27.8 Å². The first-order valence-electron chi connectivity index (χ1n) is 8.71. The lowest BCUT2D eigenvalue weighted by atomic mass is 10.0. The van der Waals surface area contributed by atoms with Crippen molar-refractivity contribution in [3.63, 3.8) is 0 Å². The van der Waals surface area contributed by atoms with Crippen molar-refractivity contribution in [1.82, 2.24) is 15.5 Å². The molecule has 0 aliphatic carbocycles. The number of hydrogen-bond acceptors (Lipinski definition) is 4. The lowest BCUT2D eigenvalue weighted by Crippen LogP contribution is -2.46. The second-order valence-corrected chi connectivity index (χ2v) is 7.07. The van der Waals surface area contributed by atoms with Crippen molar-refractivity contribution in [3.05, 3.63) is 24.2 Å². The number of likely N-dealkylation sites (N-methyl/N-ethyl adjacent to an activating group) is 1. The largest absolute Gasteiger partial charge is 0.466 e. The van der Waals surface area contributed by atoms with E-state index in [9.17, 15) is 5.11 Å². The summed E-state index contributed by atoms with van der Waals surface area (Å²) < 4.78 is 5.30. The number of rotatable bonds is 9. The number of nitrogens with one attached hydrogen (secondary N) is 2. The molecule has 2 atom stereocenters. The molecular formula is C18H34N4O2. The van der Waals surface area contributed by atoms with Gasteiger partial charge in [0, 0.05) is 19.1 Å². The SMILES string of the molecule is CCNC(=NCC(C)(O)c1ccco1)NCC(CC(C)C)N(C)C. The second kappa shape index (κ2) is 9.69. The standard InChI is InChI=1S/C18H34N4O2/c1-7-19-17(20-12-15(22(5)6)11-14(2)3)21-13-18(4,23)16-9-8-10-24-16/h8-10,14-15,23H,7,11-13H2,1-6H3,(H2,19,20,21). The zero-order valence-corrected chi connectivity index (χ0v) is 16.0. The van der Waals surface area contributed by atoms with Gasteiger partial charge in [-0.1, -0.05) is 13.8 Å². The van der Waals surface area contributed by atoms with Crippen molar-refractivity contribution in [1.29, 1.82) is 0 Å². The molecule has 3 N–H and O–H groups in total. The number of furan rings is 1. The zero-order chi connectivity index (χ0) is 18.2. The topological polar surface area (TPSA) is 73.0 Å². The molecular weight excluding hydrogens is 304 g/mol. The highest BCUT2D eigenvalue weighted by atomic mass is 16.4. The molecule has 0 aliphatic rings. The molecule has 24 heavy (non-hydrogen) atoms. The third kappa shape index (κ3) is 6.93. The molecule has 0 saturated heterocycles. The molecule has 0 radical (unpaired) electrons. The molecule has 138 valence electrons. The van der Waals surface area contributed by atoms with Crippen LogP contribution in [-0.4, -0.2) is 55.7 Å². The third-order valence-corrected chi connectivity index (χ3v) is 3.92. The Hall–Kier alpha value is -1.53. The Bertz CT molecular complexity index is 481. The molecule has 0 aliphatic heterocycles. The highest BCUT2D eigenvalue weighted by molar-refractivity contribution is 5.79. The smallest absolute Gasteiger partial charge is 0.191 e. The van der Waals surface area contributed by atoms with E-state index in [1.165, 1.54) is 0 Å². The van der Waals surface area contributed by atoms with E-state index in [1.54, 1.807) is 25.3 Å². The average molecular weight is 338 g/mol. The molecule has 1 heterocycles. The third-order valence-electron chi connectivity index (χ3n) is 3.92. The van der Waals surface area contributed by atoms with Gasteiger partial charge in [-0.3, -0.25) is 0 Å². The van der Waals surface area contributed by atoms with Gasteiger partial charge in [-0.05, 0) is 52.4 Å². The van der Waals surface area contributed by atoms with Gasteiger partial charge in [0.15, 0.2) is 5.96 Å². The predicted molar refractivity (Wildman–Crippen MR) is 99.2 cm³/mol. The maximum Gasteiger partial charge on any atom is 0.191 e. The number of aliphatic imine (C=N–C) groups is 1. The molecule has 0 aromatic carbocycles. The summed E-state index contributed by atoms with van der Waals surface area (Å²) in [6.07, 6.45) is 2.67. The van der Waals surface area contributed by atoms with E-state index in [-0.39, 0.29) is 6.54 Å². The van der Waals surface area contributed by atoms with Crippen molar-refractivity contribution in [2.24, 2.45) is 10.9 Å². The molecule has 0 saturated carbocycles. The minimum atomic E-state index is -1.12. The van der Waals surface area contributed by atoms with E-state index in [0.29, 0.717) is 23.7 Å². The fraction of sp³-hybridized carbons (Fsp3) is 0.722. The van der Waals surface area contributed by atoms with Gasteiger partial charge in [-0.15, -0.1) is 0 Å². The summed E-state index contributed by atoms with van der Waals surface area (Å²) in [5, 5.41) is 17.1. The van der Waals surface area contributed by atoms with Gasteiger partial charge < -0.3 is 25.1 Å². The highest BCUT2D eigenvalue weighted by Gasteiger charge is 2.26. The van der Waals surface area contributed by atoms with Crippen LogP contribution < -0.4 is 10.6 Å². The second-order valence-electron chi connectivity index (χ2n) is 7.07. The minimum absolute atomic E-state index is 0.229. The van der Waals surface area contributed by atoms with Crippen molar-refractivity contribution >= 4 is 5.96 Å². The van der Waals surface area contributed by atoms with Crippen LogP contribution in [0.5, 0.6) is 0 Å². The summed E-state index contributed by atoms with van der Waals surface area (Å²) in [5.74, 6) is 1.87. The van der Waals surface area contributed by atoms with E-state index < -0.39 is 5.60 Å². The Morgan fingerprint density at radius 3 is 2.58 bits per heavy atom. The summed E-state index contributed by atoms with van der Waals surface area (Å²) in [4.78, 5) is 6.75. The first kappa shape index (κ1) is 20.5. The predicted octanol–water partition coefficient (Wildman–Crippen LogP) is 2.02. The van der Waals surface area contributed by atoms with Crippen molar-refractivity contribution < 1.29 is 9.52 Å². The number of nitrogens with zero attached hydrogens (tertiary/aromatic N) is 2. The molecule has 0 amide bonds. The Balaban J connectivity index is 2.68. The molecule has 0 spiro atoms. The van der Waals surface area contributed by atoms with Crippen molar-refractivity contribution in [2.75, 3.05) is 33.7 Å². The molecule has 1 rings (SSSR count). The normalized spacial score (nSPS) is 16.3. The molecule has 0 bridgehead atoms. The van der Waals surface area contributed by atoms with E-state index in [1.807, 2.05) is 6.92 Å². The summed E-state index contributed by atoms with van der Waals surface area (Å²) in [7, 11) is 4.20. The molecule has 1 aromatic rings. The van der Waals surface area contributed by atoms with Gasteiger partial charge in [0.2, 0.25) is 0 Å². The lowest BCUT2D eigenvalue weighted by molar-refractivity contribution is 0.0437. The van der Waals surface area contributed by atoms with Crippen LogP contribution in [-0.2, 0) is 5.60 Å². The fourth-order valence-electron chi connectivity index (χ4n) is 2.47. The van der Waals surface area contributed by atoms with Crippen LogP contribution >= 0.6 is 0 Å². The van der Waals surface area contributed by atoms with Gasteiger partial charge in [0.25, 0.3) is 0 Å². The first-order valence-corrected chi connectivity index (χ1v) is 8.71. The van der Waals surface area contributed by atoms with E-state index in [0.717, 1.165) is 19.5 Å². The Labute approximate surface area is 146 Å². The van der Waals surface area contributed by atoms with Gasteiger partial charge >= 0.3 is 0 Å².